The second-order valence-corrected chi connectivity index (χ2v) is 3.00. The highest BCUT2D eigenvalue weighted by Crippen LogP contribution is 2.44. The molecule has 0 aromatic heterocycles. The average molecular weight is 156 g/mol. The normalized spacial score (nSPS) is 20.1. The summed E-state index contributed by atoms with van der Waals surface area (Å²) in [5.41, 5.74) is -0.448. The zero-order valence-corrected chi connectivity index (χ0v) is 6.63. The molecular weight excluding hydrogens is 144 g/mol. The largest absolute Gasteiger partial charge is 0.469 e. The summed E-state index contributed by atoms with van der Waals surface area (Å²) < 4.78 is 4.61. The first kappa shape index (κ1) is 8.24. The molecular formula is C8H12O3. The molecule has 62 valence electrons. The Hall–Kier alpha value is -0.860. The van der Waals surface area contributed by atoms with E-state index >= 15 is 0 Å². The lowest BCUT2D eigenvalue weighted by Gasteiger charge is -2.37. The summed E-state index contributed by atoms with van der Waals surface area (Å²) in [5, 5.41) is 0. The summed E-state index contributed by atoms with van der Waals surface area (Å²) in [6, 6.07) is 0. The average Bonchev–Trinajstić information content (AvgIpc) is 1.95. The van der Waals surface area contributed by atoms with Gasteiger partial charge in [-0.25, -0.2) is 0 Å². The van der Waals surface area contributed by atoms with Gasteiger partial charge < -0.3 is 9.53 Å². The molecule has 0 aromatic rings. The predicted octanol–water partition coefficient (Wildman–Crippen LogP) is 0.919. The van der Waals surface area contributed by atoms with Crippen molar-refractivity contribution in [1.29, 1.82) is 0 Å². The van der Waals surface area contributed by atoms with E-state index in [-0.39, 0.29) is 5.97 Å². The highest BCUT2D eigenvalue weighted by Gasteiger charge is 2.44. The van der Waals surface area contributed by atoms with Gasteiger partial charge in [-0.15, -0.1) is 0 Å². The Labute approximate surface area is 65.7 Å². The van der Waals surface area contributed by atoms with Crippen LogP contribution in [0, 0.1) is 5.41 Å². The Morgan fingerprint density at radius 1 is 1.64 bits per heavy atom. The lowest BCUT2D eigenvalue weighted by molar-refractivity contribution is -0.159. The molecule has 0 heterocycles. The SMILES string of the molecule is COC(=O)C1(CC=O)CCC1. The molecule has 0 atom stereocenters. The summed E-state index contributed by atoms with van der Waals surface area (Å²) in [5.74, 6) is -0.226. The number of rotatable bonds is 3. The molecule has 0 aromatic carbocycles. The molecule has 1 saturated carbocycles. The third-order valence-corrected chi connectivity index (χ3v) is 2.40. The number of methoxy groups -OCH3 is 1. The molecule has 0 saturated heterocycles. The molecule has 3 heteroatoms. The second-order valence-electron chi connectivity index (χ2n) is 3.00. The monoisotopic (exact) mass is 156 g/mol. The van der Waals surface area contributed by atoms with Crippen LogP contribution in [-0.2, 0) is 14.3 Å². The molecule has 1 rings (SSSR count). The highest BCUT2D eigenvalue weighted by atomic mass is 16.5. The van der Waals surface area contributed by atoms with Crippen LogP contribution in [0.15, 0.2) is 0 Å². The van der Waals surface area contributed by atoms with E-state index in [4.69, 9.17) is 0 Å². The van der Waals surface area contributed by atoms with Gasteiger partial charge in [0.25, 0.3) is 0 Å². The third kappa shape index (κ3) is 1.27. The van der Waals surface area contributed by atoms with E-state index in [0.29, 0.717) is 6.42 Å². The smallest absolute Gasteiger partial charge is 0.312 e. The number of carbonyl (C=O) groups is 2. The Morgan fingerprint density at radius 2 is 2.27 bits per heavy atom. The van der Waals surface area contributed by atoms with Gasteiger partial charge in [0.05, 0.1) is 12.5 Å². The number of esters is 1. The standard InChI is InChI=1S/C8H12O3/c1-11-7(10)8(5-6-9)3-2-4-8/h6H,2-5H2,1H3. The minimum Gasteiger partial charge on any atom is -0.469 e. The van der Waals surface area contributed by atoms with Crippen molar-refractivity contribution in [2.75, 3.05) is 7.11 Å². The van der Waals surface area contributed by atoms with Crippen molar-refractivity contribution >= 4 is 12.3 Å². The molecule has 0 aliphatic heterocycles. The number of hydrogen-bond acceptors (Lipinski definition) is 3. The van der Waals surface area contributed by atoms with Gasteiger partial charge in [0.1, 0.15) is 6.29 Å². The van der Waals surface area contributed by atoms with E-state index in [1.165, 1.54) is 7.11 Å². The Balaban J connectivity index is 2.59. The highest BCUT2D eigenvalue weighted by molar-refractivity contribution is 5.80. The second kappa shape index (κ2) is 3.03. The van der Waals surface area contributed by atoms with Gasteiger partial charge in [0.2, 0.25) is 0 Å². The van der Waals surface area contributed by atoms with Gasteiger partial charge in [-0.1, -0.05) is 6.42 Å². The van der Waals surface area contributed by atoms with Crippen molar-refractivity contribution in [3.05, 3.63) is 0 Å². The fourth-order valence-corrected chi connectivity index (χ4v) is 1.47. The molecule has 0 amide bonds. The van der Waals surface area contributed by atoms with Crippen LogP contribution >= 0.6 is 0 Å². The van der Waals surface area contributed by atoms with Gasteiger partial charge in [-0.05, 0) is 12.8 Å². The van der Waals surface area contributed by atoms with E-state index in [2.05, 4.69) is 4.74 Å². The van der Waals surface area contributed by atoms with Crippen molar-refractivity contribution in [2.45, 2.75) is 25.7 Å². The summed E-state index contributed by atoms with van der Waals surface area (Å²) in [6.45, 7) is 0. The Morgan fingerprint density at radius 3 is 2.55 bits per heavy atom. The quantitative estimate of drug-likeness (QED) is 0.450. The number of ether oxygens (including phenoxy) is 1. The first-order valence-corrected chi connectivity index (χ1v) is 3.77. The van der Waals surface area contributed by atoms with E-state index in [9.17, 15) is 9.59 Å². The van der Waals surface area contributed by atoms with Gasteiger partial charge in [-0.2, -0.15) is 0 Å². The number of aldehydes is 1. The van der Waals surface area contributed by atoms with Gasteiger partial charge >= 0.3 is 5.97 Å². The van der Waals surface area contributed by atoms with Gasteiger partial charge in [-0.3, -0.25) is 4.79 Å². The molecule has 3 nitrogen and oxygen atoms in total. The van der Waals surface area contributed by atoms with E-state index in [1.807, 2.05) is 0 Å². The van der Waals surface area contributed by atoms with Crippen LogP contribution in [-0.4, -0.2) is 19.4 Å². The van der Waals surface area contributed by atoms with Crippen LogP contribution in [0.2, 0.25) is 0 Å². The van der Waals surface area contributed by atoms with Crippen molar-refractivity contribution in [2.24, 2.45) is 5.41 Å². The summed E-state index contributed by atoms with van der Waals surface area (Å²) in [7, 11) is 1.37. The van der Waals surface area contributed by atoms with Crippen LogP contribution in [0.3, 0.4) is 0 Å². The van der Waals surface area contributed by atoms with Crippen molar-refractivity contribution in [3.63, 3.8) is 0 Å². The summed E-state index contributed by atoms with van der Waals surface area (Å²) in [6.07, 6.45) is 3.76. The van der Waals surface area contributed by atoms with Gasteiger partial charge in [0, 0.05) is 6.42 Å². The topological polar surface area (TPSA) is 43.4 Å². The van der Waals surface area contributed by atoms with Gasteiger partial charge in [0.15, 0.2) is 0 Å². The fraction of sp³-hybridized carbons (Fsp3) is 0.750. The maximum Gasteiger partial charge on any atom is 0.312 e. The molecule has 0 bridgehead atoms. The Kier molecular flexibility index (Phi) is 2.27. The lowest BCUT2D eigenvalue weighted by Crippen LogP contribution is -2.39. The molecule has 0 spiro atoms. The van der Waals surface area contributed by atoms with Crippen LogP contribution in [0.5, 0.6) is 0 Å². The number of hydrogen-bond donors (Lipinski definition) is 0. The first-order chi connectivity index (χ1) is 5.25. The summed E-state index contributed by atoms with van der Waals surface area (Å²) in [4.78, 5) is 21.4. The lowest BCUT2D eigenvalue weighted by atomic mass is 9.67. The van der Waals surface area contributed by atoms with Crippen LogP contribution < -0.4 is 0 Å². The zero-order valence-electron chi connectivity index (χ0n) is 6.63. The molecule has 11 heavy (non-hydrogen) atoms. The van der Waals surface area contributed by atoms with Crippen molar-refractivity contribution < 1.29 is 14.3 Å². The van der Waals surface area contributed by atoms with Crippen molar-refractivity contribution in [3.8, 4) is 0 Å². The minimum absolute atomic E-state index is 0.226. The molecule has 0 unspecified atom stereocenters. The third-order valence-electron chi connectivity index (χ3n) is 2.40. The molecule has 1 aliphatic rings. The molecule has 1 fully saturated rings. The number of carbonyl (C=O) groups excluding carboxylic acids is 2. The predicted molar refractivity (Wildman–Crippen MR) is 39.0 cm³/mol. The molecule has 0 N–H and O–H groups in total. The van der Waals surface area contributed by atoms with Crippen molar-refractivity contribution in [1.82, 2.24) is 0 Å². The van der Waals surface area contributed by atoms with E-state index in [0.717, 1.165) is 25.5 Å². The Bertz CT molecular complexity index is 170. The van der Waals surface area contributed by atoms with Crippen LogP contribution in [0.25, 0.3) is 0 Å². The maximum absolute atomic E-state index is 11.1. The fourth-order valence-electron chi connectivity index (χ4n) is 1.47. The summed E-state index contributed by atoms with van der Waals surface area (Å²) >= 11 is 0. The van der Waals surface area contributed by atoms with E-state index in [1.54, 1.807) is 0 Å². The maximum atomic E-state index is 11.1. The molecule has 1 aliphatic carbocycles. The zero-order chi connectivity index (χ0) is 8.32. The minimum atomic E-state index is -0.448. The van der Waals surface area contributed by atoms with Crippen LogP contribution in [0.1, 0.15) is 25.7 Å². The van der Waals surface area contributed by atoms with Crippen LogP contribution in [0.4, 0.5) is 0 Å². The first-order valence-electron chi connectivity index (χ1n) is 3.77. The van der Waals surface area contributed by atoms with E-state index < -0.39 is 5.41 Å². The molecule has 0 radical (unpaired) electrons.